The second kappa shape index (κ2) is 11.9. The number of ether oxygens (including phenoxy) is 1. The number of oxazole rings is 1. The zero-order chi connectivity index (χ0) is 24.4. The molecule has 4 N–H and O–H groups in total. The predicted molar refractivity (Wildman–Crippen MR) is 125 cm³/mol. The highest BCUT2D eigenvalue weighted by Gasteiger charge is 2.29. The Morgan fingerprint density at radius 2 is 1.74 bits per heavy atom. The molecule has 0 bridgehead atoms. The Balaban J connectivity index is 1.43. The first-order valence-electron chi connectivity index (χ1n) is 10.7. The number of alkyl halides is 3. The number of nitrogens with zero attached hydrogens (tertiary/aromatic N) is 2. The quantitative estimate of drug-likeness (QED) is 0.222. The molecule has 3 aromatic rings. The van der Waals surface area contributed by atoms with E-state index in [2.05, 4.69) is 4.98 Å². The molecule has 0 unspecified atom stereocenters. The summed E-state index contributed by atoms with van der Waals surface area (Å²) in [6.45, 7) is 0.978. The number of benzene rings is 2. The maximum Gasteiger partial charge on any atom is 0.416 e. The molecule has 2 aromatic carbocycles. The molecule has 0 saturated heterocycles. The van der Waals surface area contributed by atoms with Crippen LogP contribution in [-0.2, 0) is 19.2 Å². The Morgan fingerprint density at radius 3 is 2.41 bits per heavy atom. The molecule has 0 aliphatic rings. The monoisotopic (exact) mass is 472 g/mol. The second-order valence-electron chi connectivity index (χ2n) is 7.60. The van der Waals surface area contributed by atoms with Gasteiger partial charge in [-0.3, -0.25) is 0 Å². The van der Waals surface area contributed by atoms with E-state index in [0.29, 0.717) is 17.1 Å². The largest absolute Gasteiger partial charge is 0.487 e. The van der Waals surface area contributed by atoms with Crippen LogP contribution < -0.4 is 16.3 Å². The third-order valence-corrected chi connectivity index (χ3v) is 4.95. The van der Waals surface area contributed by atoms with Gasteiger partial charge in [-0.25, -0.2) is 10.8 Å². The molecule has 3 rings (SSSR count). The molecule has 0 spiro atoms. The molecule has 9 heteroatoms. The fourth-order valence-electron chi connectivity index (χ4n) is 3.13. The van der Waals surface area contributed by atoms with Gasteiger partial charge in [-0.1, -0.05) is 24.3 Å². The SMILES string of the molecule is N/C=C\N(N)CCCCc1ccc(OCc2coc(/C=C/c3ccc(C(F)(F)F)cc3)n2)cc1. The minimum absolute atomic E-state index is 0.234. The Hall–Kier alpha value is -3.72. The van der Waals surface area contributed by atoms with Gasteiger partial charge >= 0.3 is 6.18 Å². The summed E-state index contributed by atoms with van der Waals surface area (Å²) in [5, 5.41) is 1.57. The van der Waals surface area contributed by atoms with Crippen molar-refractivity contribution in [2.45, 2.75) is 32.0 Å². The number of unbranched alkanes of at least 4 members (excludes halogenated alkanes) is 1. The third-order valence-electron chi connectivity index (χ3n) is 4.95. The van der Waals surface area contributed by atoms with Crippen LogP contribution in [0.4, 0.5) is 13.2 Å². The van der Waals surface area contributed by atoms with Crippen LogP contribution in [-0.4, -0.2) is 16.5 Å². The molecule has 0 aliphatic carbocycles. The molecule has 0 radical (unpaired) electrons. The number of halogens is 3. The summed E-state index contributed by atoms with van der Waals surface area (Å²) in [7, 11) is 0. The van der Waals surface area contributed by atoms with E-state index in [9.17, 15) is 13.2 Å². The second-order valence-corrected chi connectivity index (χ2v) is 7.60. The normalized spacial score (nSPS) is 12.0. The standard InChI is InChI=1S/C25H27F3N4O2/c26-25(27,28)21-9-4-20(5-10-21)8-13-24-31-22(18-34-24)17-33-23-11-6-19(7-12-23)3-1-2-15-32(30)16-14-29/h4-14,16,18H,1-3,15,17,29-30H2/b13-8+,16-14-. The summed E-state index contributed by atoms with van der Waals surface area (Å²) < 4.78 is 49.0. The molecule has 1 aromatic heterocycles. The van der Waals surface area contributed by atoms with Gasteiger partial charge in [0.2, 0.25) is 5.89 Å². The van der Waals surface area contributed by atoms with Crippen molar-refractivity contribution in [3.05, 3.63) is 95.5 Å². The van der Waals surface area contributed by atoms with Crippen molar-refractivity contribution in [2.24, 2.45) is 11.6 Å². The van der Waals surface area contributed by atoms with Gasteiger partial charge in [0.1, 0.15) is 24.3 Å². The van der Waals surface area contributed by atoms with E-state index in [0.717, 1.165) is 43.7 Å². The maximum atomic E-state index is 12.6. The molecule has 0 fully saturated rings. The lowest BCUT2D eigenvalue weighted by molar-refractivity contribution is -0.137. The van der Waals surface area contributed by atoms with Crippen molar-refractivity contribution < 1.29 is 22.3 Å². The van der Waals surface area contributed by atoms with Crippen LogP contribution in [0.25, 0.3) is 12.2 Å². The van der Waals surface area contributed by atoms with Gasteiger partial charge in [0, 0.05) is 25.0 Å². The average Bonchev–Trinajstić information content (AvgIpc) is 3.28. The van der Waals surface area contributed by atoms with Crippen LogP contribution in [0.1, 0.15) is 41.1 Å². The first-order chi connectivity index (χ1) is 16.3. The van der Waals surface area contributed by atoms with E-state index in [-0.39, 0.29) is 6.61 Å². The van der Waals surface area contributed by atoms with Crippen LogP contribution >= 0.6 is 0 Å². The Labute approximate surface area is 196 Å². The maximum absolute atomic E-state index is 12.6. The fraction of sp³-hybridized carbons (Fsp3) is 0.240. The van der Waals surface area contributed by atoms with Gasteiger partial charge in [-0.15, -0.1) is 0 Å². The summed E-state index contributed by atoms with van der Waals surface area (Å²) in [5.74, 6) is 6.79. The highest BCUT2D eigenvalue weighted by atomic mass is 19.4. The molecule has 180 valence electrons. The number of hydrogen-bond acceptors (Lipinski definition) is 6. The van der Waals surface area contributed by atoms with Crippen LogP contribution in [0.15, 0.2) is 71.6 Å². The number of aromatic nitrogens is 1. The molecule has 0 saturated carbocycles. The number of hydrogen-bond donors (Lipinski definition) is 2. The van der Waals surface area contributed by atoms with E-state index in [1.54, 1.807) is 23.4 Å². The Kier molecular flexibility index (Phi) is 8.75. The molecular weight excluding hydrogens is 445 g/mol. The number of nitrogens with two attached hydrogens (primary N) is 2. The minimum atomic E-state index is -4.35. The molecular formula is C25H27F3N4O2. The minimum Gasteiger partial charge on any atom is -0.487 e. The van der Waals surface area contributed by atoms with Crippen molar-refractivity contribution in [1.82, 2.24) is 9.99 Å². The molecule has 0 aliphatic heterocycles. The van der Waals surface area contributed by atoms with E-state index < -0.39 is 11.7 Å². The summed E-state index contributed by atoms with van der Waals surface area (Å²) in [6, 6.07) is 12.7. The van der Waals surface area contributed by atoms with E-state index in [1.807, 2.05) is 24.3 Å². The van der Waals surface area contributed by atoms with Gasteiger partial charge in [-0.05, 0) is 60.7 Å². The molecule has 0 atom stereocenters. The molecule has 1 heterocycles. The number of rotatable bonds is 11. The van der Waals surface area contributed by atoms with E-state index >= 15 is 0 Å². The van der Waals surface area contributed by atoms with Crippen LogP contribution in [0.5, 0.6) is 5.75 Å². The summed E-state index contributed by atoms with van der Waals surface area (Å²) in [4.78, 5) is 4.31. The smallest absolute Gasteiger partial charge is 0.416 e. The van der Waals surface area contributed by atoms with Crippen LogP contribution in [0, 0.1) is 0 Å². The van der Waals surface area contributed by atoms with Crippen LogP contribution in [0.2, 0.25) is 0 Å². The average molecular weight is 473 g/mol. The first kappa shape index (κ1) is 24.9. The van der Waals surface area contributed by atoms with Crippen molar-refractivity contribution in [1.29, 1.82) is 0 Å². The lowest BCUT2D eigenvalue weighted by Crippen LogP contribution is -2.26. The molecule has 6 nitrogen and oxygen atoms in total. The fourth-order valence-corrected chi connectivity index (χ4v) is 3.13. The van der Waals surface area contributed by atoms with Gasteiger partial charge in [-0.2, -0.15) is 13.2 Å². The van der Waals surface area contributed by atoms with Crippen molar-refractivity contribution in [2.75, 3.05) is 6.54 Å². The van der Waals surface area contributed by atoms with Crippen molar-refractivity contribution in [3.63, 3.8) is 0 Å². The zero-order valence-electron chi connectivity index (χ0n) is 18.5. The van der Waals surface area contributed by atoms with E-state index in [4.69, 9.17) is 20.7 Å². The Bertz CT molecular complexity index is 1070. The lowest BCUT2D eigenvalue weighted by atomic mass is 10.1. The molecule has 0 amide bonds. The Morgan fingerprint density at radius 1 is 1.00 bits per heavy atom. The highest BCUT2D eigenvalue weighted by Crippen LogP contribution is 2.29. The first-order valence-corrected chi connectivity index (χ1v) is 10.7. The van der Waals surface area contributed by atoms with Gasteiger partial charge in [0.05, 0.1) is 5.56 Å². The zero-order valence-corrected chi connectivity index (χ0v) is 18.5. The van der Waals surface area contributed by atoms with Crippen molar-refractivity contribution in [3.8, 4) is 5.75 Å². The van der Waals surface area contributed by atoms with E-state index in [1.165, 1.54) is 30.2 Å². The van der Waals surface area contributed by atoms with Gasteiger partial charge in [0.25, 0.3) is 0 Å². The van der Waals surface area contributed by atoms with Crippen molar-refractivity contribution >= 4 is 12.2 Å². The number of hydrazine groups is 1. The third kappa shape index (κ3) is 8.00. The highest BCUT2D eigenvalue weighted by molar-refractivity contribution is 5.66. The number of aryl methyl sites for hydroxylation is 1. The van der Waals surface area contributed by atoms with Gasteiger partial charge in [0.15, 0.2) is 0 Å². The van der Waals surface area contributed by atoms with Gasteiger partial charge < -0.3 is 19.9 Å². The van der Waals surface area contributed by atoms with Crippen LogP contribution in [0.3, 0.4) is 0 Å². The summed E-state index contributed by atoms with van der Waals surface area (Å²) in [5.41, 5.74) is 7.03. The summed E-state index contributed by atoms with van der Waals surface area (Å²) >= 11 is 0. The summed E-state index contributed by atoms with van der Waals surface area (Å²) in [6.07, 6.45) is 6.33. The predicted octanol–water partition coefficient (Wildman–Crippen LogP) is 5.37. The lowest BCUT2D eigenvalue weighted by Gasteiger charge is -2.12. The topological polar surface area (TPSA) is 90.5 Å². The molecule has 34 heavy (non-hydrogen) atoms.